The van der Waals surface area contributed by atoms with Gasteiger partial charge in [0.1, 0.15) is 0 Å². The lowest BCUT2D eigenvalue weighted by molar-refractivity contribution is -0.113. The Morgan fingerprint density at radius 2 is 1.66 bits per heavy atom. The maximum atomic E-state index is 12.4. The van der Waals surface area contributed by atoms with E-state index in [1.165, 1.54) is 23.1 Å². The van der Waals surface area contributed by atoms with Crippen molar-refractivity contribution in [2.75, 3.05) is 22.1 Å². The third-order valence-electron chi connectivity index (χ3n) is 3.68. The quantitative estimate of drug-likeness (QED) is 0.252. The standard InChI is InChI=1S/C18H15N7O3S4/c1-2-29-17-23-21-15(31-17)19-13(26)9-30-18-24-22-16(32-18)20-14(27)11-8-12(28-25-11)10-6-4-3-5-7-10/h3-8H,2,9H2,1H3,(H,19,21,26)(H,20,22,27). The molecule has 0 radical (unpaired) electrons. The molecule has 3 heterocycles. The molecule has 0 aliphatic rings. The van der Waals surface area contributed by atoms with Crippen LogP contribution in [0.5, 0.6) is 0 Å². The Bertz CT molecular complexity index is 1210. The lowest BCUT2D eigenvalue weighted by Crippen LogP contribution is -2.13. The first-order valence-electron chi connectivity index (χ1n) is 9.16. The number of thioether (sulfide) groups is 2. The molecule has 2 N–H and O–H groups in total. The molecule has 0 spiro atoms. The Kier molecular flexibility index (Phi) is 7.47. The molecule has 0 unspecified atom stereocenters. The van der Waals surface area contributed by atoms with E-state index in [-0.39, 0.29) is 17.4 Å². The first kappa shape index (κ1) is 22.4. The molecule has 0 aliphatic carbocycles. The van der Waals surface area contributed by atoms with Crippen molar-refractivity contribution < 1.29 is 14.1 Å². The van der Waals surface area contributed by atoms with Crippen molar-refractivity contribution in [2.24, 2.45) is 0 Å². The normalized spacial score (nSPS) is 10.8. The van der Waals surface area contributed by atoms with Gasteiger partial charge in [0.25, 0.3) is 5.91 Å². The highest BCUT2D eigenvalue weighted by molar-refractivity contribution is 8.01. The van der Waals surface area contributed by atoms with E-state index in [9.17, 15) is 9.59 Å². The number of benzene rings is 1. The average molecular weight is 506 g/mol. The van der Waals surface area contributed by atoms with E-state index < -0.39 is 5.91 Å². The number of hydrogen-bond acceptors (Lipinski definition) is 12. The molecular formula is C18H15N7O3S4. The number of carbonyl (C=O) groups is 2. The smallest absolute Gasteiger partial charge is 0.279 e. The number of carbonyl (C=O) groups excluding carboxylic acids is 2. The van der Waals surface area contributed by atoms with Crippen molar-refractivity contribution in [3.8, 4) is 11.3 Å². The monoisotopic (exact) mass is 505 g/mol. The minimum absolute atomic E-state index is 0.127. The molecular weight excluding hydrogens is 491 g/mol. The Labute approximate surface area is 198 Å². The van der Waals surface area contributed by atoms with Gasteiger partial charge in [-0.1, -0.05) is 88.6 Å². The minimum atomic E-state index is -0.460. The van der Waals surface area contributed by atoms with Gasteiger partial charge in [-0.25, -0.2) is 0 Å². The zero-order valence-corrected chi connectivity index (χ0v) is 19.7. The fraction of sp³-hybridized carbons (Fsp3) is 0.167. The van der Waals surface area contributed by atoms with Crippen LogP contribution >= 0.6 is 46.2 Å². The number of anilines is 2. The van der Waals surface area contributed by atoms with Crippen LogP contribution in [0.25, 0.3) is 11.3 Å². The molecule has 0 fully saturated rings. The predicted molar refractivity (Wildman–Crippen MR) is 125 cm³/mol. The van der Waals surface area contributed by atoms with Crippen LogP contribution in [0.2, 0.25) is 0 Å². The molecule has 4 rings (SSSR count). The lowest BCUT2D eigenvalue weighted by Gasteiger charge is -1.98. The second kappa shape index (κ2) is 10.7. The summed E-state index contributed by atoms with van der Waals surface area (Å²) in [5.41, 5.74) is 0.950. The lowest BCUT2D eigenvalue weighted by atomic mass is 10.1. The Hall–Kier alpha value is -2.81. The van der Waals surface area contributed by atoms with Gasteiger partial charge in [-0.15, -0.1) is 20.4 Å². The molecule has 14 heteroatoms. The highest BCUT2D eigenvalue weighted by atomic mass is 32.2. The van der Waals surface area contributed by atoms with E-state index in [4.69, 9.17) is 4.52 Å². The second-order valence-corrected chi connectivity index (χ2v) is 10.6. The molecule has 4 aromatic rings. The summed E-state index contributed by atoms with van der Waals surface area (Å²) in [6, 6.07) is 10.9. The third kappa shape index (κ3) is 5.91. The molecule has 0 bridgehead atoms. The molecule has 1 aromatic carbocycles. The zero-order chi connectivity index (χ0) is 22.3. The van der Waals surface area contributed by atoms with Crippen LogP contribution in [0.1, 0.15) is 17.4 Å². The Morgan fingerprint density at radius 1 is 0.969 bits per heavy atom. The average Bonchev–Trinajstić information content (AvgIpc) is 3.55. The van der Waals surface area contributed by atoms with E-state index >= 15 is 0 Å². The van der Waals surface area contributed by atoms with E-state index in [0.29, 0.717) is 20.4 Å². The van der Waals surface area contributed by atoms with E-state index in [0.717, 1.165) is 27.0 Å². The zero-order valence-electron chi connectivity index (χ0n) is 16.5. The van der Waals surface area contributed by atoms with Crippen molar-refractivity contribution in [1.82, 2.24) is 25.6 Å². The molecule has 164 valence electrons. The van der Waals surface area contributed by atoms with E-state index in [1.54, 1.807) is 17.8 Å². The van der Waals surface area contributed by atoms with E-state index in [2.05, 4.69) is 36.2 Å². The van der Waals surface area contributed by atoms with Crippen molar-refractivity contribution in [3.05, 3.63) is 42.1 Å². The van der Waals surface area contributed by atoms with Gasteiger partial charge in [-0.2, -0.15) is 0 Å². The number of hydrogen-bond donors (Lipinski definition) is 2. The highest BCUT2D eigenvalue weighted by Gasteiger charge is 2.17. The summed E-state index contributed by atoms with van der Waals surface area (Å²) < 4.78 is 6.59. The Morgan fingerprint density at radius 3 is 2.38 bits per heavy atom. The van der Waals surface area contributed by atoms with Gasteiger partial charge >= 0.3 is 0 Å². The van der Waals surface area contributed by atoms with Crippen molar-refractivity contribution in [3.63, 3.8) is 0 Å². The molecule has 2 amide bonds. The van der Waals surface area contributed by atoms with Gasteiger partial charge in [0, 0.05) is 11.6 Å². The van der Waals surface area contributed by atoms with Crippen LogP contribution in [-0.4, -0.2) is 48.9 Å². The van der Waals surface area contributed by atoms with Crippen LogP contribution in [-0.2, 0) is 4.79 Å². The summed E-state index contributed by atoms with van der Waals surface area (Å²) in [5.74, 6) is 0.821. The highest BCUT2D eigenvalue weighted by Crippen LogP contribution is 2.28. The van der Waals surface area contributed by atoms with Crippen molar-refractivity contribution in [1.29, 1.82) is 0 Å². The molecule has 0 aliphatic heterocycles. The second-order valence-electron chi connectivity index (χ2n) is 5.91. The summed E-state index contributed by atoms with van der Waals surface area (Å²) in [7, 11) is 0. The predicted octanol–water partition coefficient (Wildman–Crippen LogP) is 4.14. The molecule has 10 nitrogen and oxygen atoms in total. The number of aromatic nitrogens is 5. The maximum Gasteiger partial charge on any atom is 0.279 e. The molecule has 0 atom stereocenters. The first-order valence-corrected chi connectivity index (χ1v) is 12.8. The van der Waals surface area contributed by atoms with E-state index in [1.807, 2.05) is 37.3 Å². The van der Waals surface area contributed by atoms with Gasteiger partial charge in [0.05, 0.1) is 5.75 Å². The van der Waals surface area contributed by atoms with Crippen LogP contribution in [0.15, 0.2) is 49.6 Å². The summed E-state index contributed by atoms with van der Waals surface area (Å²) in [6.45, 7) is 2.02. The first-order chi connectivity index (χ1) is 15.6. The van der Waals surface area contributed by atoms with Crippen LogP contribution in [0.4, 0.5) is 10.3 Å². The summed E-state index contributed by atoms with van der Waals surface area (Å²) in [6.07, 6.45) is 0. The van der Waals surface area contributed by atoms with Crippen molar-refractivity contribution >= 4 is 68.3 Å². The molecule has 32 heavy (non-hydrogen) atoms. The van der Waals surface area contributed by atoms with Gasteiger partial charge in [-0.3, -0.25) is 20.2 Å². The number of rotatable bonds is 9. The van der Waals surface area contributed by atoms with Crippen LogP contribution in [0.3, 0.4) is 0 Å². The molecule has 3 aromatic heterocycles. The topological polar surface area (TPSA) is 136 Å². The number of amides is 2. The van der Waals surface area contributed by atoms with Gasteiger partial charge in [0.2, 0.25) is 16.2 Å². The fourth-order valence-corrected chi connectivity index (χ4v) is 5.54. The molecule has 0 saturated heterocycles. The minimum Gasteiger partial charge on any atom is -0.355 e. The number of nitrogens with one attached hydrogen (secondary N) is 2. The van der Waals surface area contributed by atoms with Crippen LogP contribution < -0.4 is 10.6 Å². The van der Waals surface area contributed by atoms with Gasteiger partial charge in [0.15, 0.2) is 20.1 Å². The summed E-state index contributed by atoms with van der Waals surface area (Å²) in [5, 5.41) is 25.8. The number of nitrogens with zero attached hydrogens (tertiary/aromatic N) is 5. The third-order valence-corrected chi connectivity index (χ3v) is 7.50. The van der Waals surface area contributed by atoms with Crippen LogP contribution in [0, 0.1) is 0 Å². The Balaban J connectivity index is 1.27. The maximum absolute atomic E-state index is 12.4. The largest absolute Gasteiger partial charge is 0.355 e. The van der Waals surface area contributed by atoms with Gasteiger partial charge in [-0.05, 0) is 5.75 Å². The molecule has 0 saturated carbocycles. The summed E-state index contributed by atoms with van der Waals surface area (Å²) >= 11 is 5.26. The SMILES string of the molecule is CCSc1nnc(NC(=O)CSc2nnc(NC(=O)c3cc(-c4ccccc4)on3)s2)s1. The van der Waals surface area contributed by atoms with Gasteiger partial charge < -0.3 is 4.52 Å². The van der Waals surface area contributed by atoms with Crippen molar-refractivity contribution in [2.45, 2.75) is 15.6 Å². The fourth-order valence-electron chi connectivity index (χ4n) is 2.33. The summed E-state index contributed by atoms with van der Waals surface area (Å²) in [4.78, 5) is 24.5.